The predicted octanol–water partition coefficient (Wildman–Crippen LogP) is 1.68. The summed E-state index contributed by atoms with van der Waals surface area (Å²) in [5.74, 6) is -0.674. The monoisotopic (exact) mass is 378 g/mol. The molecule has 0 spiro atoms. The highest BCUT2D eigenvalue weighted by Crippen LogP contribution is 2.28. The number of amides is 2. The van der Waals surface area contributed by atoms with Crippen molar-refractivity contribution < 1.29 is 29.0 Å². The first-order valence-electron chi connectivity index (χ1n) is 9.18. The van der Waals surface area contributed by atoms with Gasteiger partial charge in [0.05, 0.1) is 13.0 Å². The third-order valence-electron chi connectivity index (χ3n) is 4.19. The number of rotatable bonds is 9. The molecule has 8 nitrogen and oxygen atoms in total. The van der Waals surface area contributed by atoms with Gasteiger partial charge in [-0.15, -0.1) is 0 Å². The highest BCUT2D eigenvalue weighted by Gasteiger charge is 2.18. The minimum absolute atomic E-state index is 0.0424. The highest BCUT2D eigenvalue weighted by molar-refractivity contribution is 5.95. The Morgan fingerprint density at radius 3 is 2.52 bits per heavy atom. The normalized spacial score (nSPS) is 13.7. The van der Waals surface area contributed by atoms with E-state index in [0.29, 0.717) is 23.7 Å². The fourth-order valence-electron chi connectivity index (χ4n) is 2.80. The van der Waals surface area contributed by atoms with E-state index in [-0.39, 0.29) is 25.5 Å². The molecule has 1 aliphatic heterocycles. The van der Waals surface area contributed by atoms with Crippen molar-refractivity contribution in [1.29, 1.82) is 0 Å². The zero-order valence-electron chi connectivity index (χ0n) is 15.5. The molecule has 0 atom stereocenters. The van der Waals surface area contributed by atoms with Crippen LogP contribution in [0.5, 0.6) is 11.5 Å². The Morgan fingerprint density at radius 1 is 1.11 bits per heavy atom. The topological polar surface area (TPSA) is 105 Å². The summed E-state index contributed by atoms with van der Waals surface area (Å²) in [7, 11) is 0. The van der Waals surface area contributed by atoms with Crippen molar-refractivity contribution in [2.75, 3.05) is 32.8 Å². The lowest BCUT2D eigenvalue weighted by Gasteiger charge is -2.26. The van der Waals surface area contributed by atoms with Crippen LogP contribution in [0.25, 0.3) is 0 Å². The van der Waals surface area contributed by atoms with Crippen LogP contribution in [-0.2, 0) is 9.59 Å². The molecule has 0 aliphatic carbocycles. The van der Waals surface area contributed by atoms with Crippen LogP contribution in [-0.4, -0.2) is 60.6 Å². The summed E-state index contributed by atoms with van der Waals surface area (Å²) in [6, 6.07) is 4.67. The third kappa shape index (κ3) is 6.47. The average molecular weight is 378 g/mol. The molecule has 0 aromatic heterocycles. The number of carbonyl (C=O) groups excluding carboxylic acids is 2. The lowest BCUT2D eigenvalue weighted by atomic mass is 10.1. The van der Waals surface area contributed by atoms with Crippen LogP contribution >= 0.6 is 0 Å². The molecule has 1 aromatic carbocycles. The standard InChI is InChI=1S/C19H26N2O6/c1-2-26-16-12-14(19(25)20-9-8-18(23)24)6-7-15(16)27-13-17(22)21-10-4-3-5-11-21/h6-7,12H,2-5,8-11,13H2,1H3,(H,20,25)(H,23,24). The van der Waals surface area contributed by atoms with Gasteiger partial charge in [-0.05, 0) is 44.4 Å². The van der Waals surface area contributed by atoms with E-state index in [1.54, 1.807) is 17.0 Å². The molecule has 2 amide bonds. The minimum Gasteiger partial charge on any atom is -0.490 e. The molecule has 2 N–H and O–H groups in total. The zero-order valence-corrected chi connectivity index (χ0v) is 15.5. The van der Waals surface area contributed by atoms with Crippen LogP contribution in [0.4, 0.5) is 0 Å². The van der Waals surface area contributed by atoms with Gasteiger partial charge in [0, 0.05) is 25.2 Å². The SMILES string of the molecule is CCOc1cc(C(=O)NCCC(=O)O)ccc1OCC(=O)N1CCCCC1. The summed E-state index contributed by atoms with van der Waals surface area (Å²) < 4.78 is 11.2. The number of likely N-dealkylation sites (tertiary alicyclic amines) is 1. The molecule has 1 fully saturated rings. The summed E-state index contributed by atoms with van der Waals surface area (Å²) >= 11 is 0. The molecule has 0 saturated carbocycles. The summed E-state index contributed by atoms with van der Waals surface area (Å²) in [5.41, 5.74) is 0.332. The van der Waals surface area contributed by atoms with Gasteiger partial charge in [0.1, 0.15) is 0 Å². The van der Waals surface area contributed by atoms with Gasteiger partial charge in [0.2, 0.25) is 0 Å². The van der Waals surface area contributed by atoms with Gasteiger partial charge in [-0.25, -0.2) is 0 Å². The van der Waals surface area contributed by atoms with Gasteiger partial charge in [-0.1, -0.05) is 0 Å². The van der Waals surface area contributed by atoms with E-state index >= 15 is 0 Å². The van der Waals surface area contributed by atoms with Crippen molar-refractivity contribution in [3.8, 4) is 11.5 Å². The summed E-state index contributed by atoms with van der Waals surface area (Å²) in [4.78, 5) is 36.7. The fourth-order valence-corrected chi connectivity index (χ4v) is 2.80. The number of carbonyl (C=O) groups is 3. The number of ether oxygens (including phenoxy) is 2. The molecule has 0 bridgehead atoms. The maximum atomic E-state index is 12.2. The van der Waals surface area contributed by atoms with E-state index in [1.807, 2.05) is 6.92 Å². The van der Waals surface area contributed by atoms with Crippen LogP contribution in [0.1, 0.15) is 43.0 Å². The van der Waals surface area contributed by atoms with E-state index in [2.05, 4.69) is 5.32 Å². The molecule has 1 heterocycles. The van der Waals surface area contributed by atoms with E-state index in [0.717, 1.165) is 32.4 Å². The van der Waals surface area contributed by atoms with Crippen LogP contribution < -0.4 is 14.8 Å². The second-order valence-corrected chi connectivity index (χ2v) is 6.22. The number of carboxylic acids is 1. The number of hydrogen-bond acceptors (Lipinski definition) is 5. The molecule has 1 aromatic rings. The lowest BCUT2D eigenvalue weighted by molar-refractivity contribution is -0.137. The molecule has 8 heteroatoms. The fraction of sp³-hybridized carbons (Fsp3) is 0.526. The average Bonchev–Trinajstić information content (AvgIpc) is 2.67. The Balaban J connectivity index is 1.98. The molecular formula is C19H26N2O6. The molecular weight excluding hydrogens is 352 g/mol. The number of nitrogens with one attached hydrogen (secondary N) is 1. The number of piperidine rings is 1. The van der Waals surface area contributed by atoms with Crippen LogP contribution in [0.2, 0.25) is 0 Å². The van der Waals surface area contributed by atoms with Crippen molar-refractivity contribution in [1.82, 2.24) is 10.2 Å². The maximum absolute atomic E-state index is 12.2. The number of nitrogens with zero attached hydrogens (tertiary/aromatic N) is 1. The third-order valence-corrected chi connectivity index (χ3v) is 4.19. The first-order valence-corrected chi connectivity index (χ1v) is 9.18. The smallest absolute Gasteiger partial charge is 0.305 e. The van der Waals surface area contributed by atoms with Crippen LogP contribution in [0.3, 0.4) is 0 Å². The van der Waals surface area contributed by atoms with E-state index in [1.165, 1.54) is 6.07 Å². The van der Waals surface area contributed by atoms with Crippen molar-refractivity contribution in [3.63, 3.8) is 0 Å². The number of aliphatic carboxylic acids is 1. The molecule has 1 aliphatic rings. The highest BCUT2D eigenvalue weighted by atomic mass is 16.5. The van der Waals surface area contributed by atoms with Gasteiger partial charge in [0.15, 0.2) is 18.1 Å². The molecule has 0 radical (unpaired) electrons. The number of hydrogen-bond donors (Lipinski definition) is 2. The zero-order chi connectivity index (χ0) is 19.6. The van der Waals surface area contributed by atoms with Crippen LogP contribution in [0, 0.1) is 0 Å². The Bertz CT molecular complexity index is 670. The van der Waals surface area contributed by atoms with E-state index in [4.69, 9.17) is 14.6 Å². The van der Waals surface area contributed by atoms with Crippen molar-refractivity contribution in [3.05, 3.63) is 23.8 Å². The maximum Gasteiger partial charge on any atom is 0.305 e. The molecule has 1 saturated heterocycles. The second kappa shape index (κ2) is 10.4. The Kier molecular flexibility index (Phi) is 7.91. The van der Waals surface area contributed by atoms with E-state index < -0.39 is 11.9 Å². The molecule has 2 rings (SSSR count). The molecule has 0 unspecified atom stereocenters. The van der Waals surface area contributed by atoms with Gasteiger partial charge >= 0.3 is 5.97 Å². The number of benzene rings is 1. The Labute approximate surface area is 158 Å². The summed E-state index contributed by atoms with van der Waals surface area (Å²) in [5, 5.41) is 11.2. The van der Waals surface area contributed by atoms with Crippen molar-refractivity contribution in [2.24, 2.45) is 0 Å². The minimum atomic E-state index is -0.979. The first kappa shape index (κ1) is 20.5. The van der Waals surface area contributed by atoms with E-state index in [9.17, 15) is 14.4 Å². The Hall–Kier alpha value is -2.77. The number of carboxylic acid groups (broad SMARTS) is 1. The predicted molar refractivity (Wildman–Crippen MR) is 98.1 cm³/mol. The summed E-state index contributed by atoms with van der Waals surface area (Å²) in [6.45, 7) is 3.67. The van der Waals surface area contributed by atoms with Gasteiger partial charge in [-0.3, -0.25) is 14.4 Å². The van der Waals surface area contributed by atoms with Gasteiger partial charge in [-0.2, -0.15) is 0 Å². The second-order valence-electron chi connectivity index (χ2n) is 6.22. The van der Waals surface area contributed by atoms with Gasteiger partial charge in [0.25, 0.3) is 11.8 Å². The Morgan fingerprint density at radius 2 is 1.85 bits per heavy atom. The molecule has 27 heavy (non-hydrogen) atoms. The van der Waals surface area contributed by atoms with Gasteiger partial charge < -0.3 is 24.8 Å². The lowest BCUT2D eigenvalue weighted by Crippen LogP contribution is -2.38. The summed E-state index contributed by atoms with van der Waals surface area (Å²) in [6.07, 6.45) is 3.03. The molecule has 148 valence electrons. The van der Waals surface area contributed by atoms with Crippen LogP contribution in [0.15, 0.2) is 18.2 Å². The largest absolute Gasteiger partial charge is 0.490 e. The quantitative estimate of drug-likeness (QED) is 0.677. The van der Waals surface area contributed by atoms with Crippen molar-refractivity contribution in [2.45, 2.75) is 32.6 Å². The first-order chi connectivity index (χ1) is 13.0. The van der Waals surface area contributed by atoms with Crippen molar-refractivity contribution >= 4 is 17.8 Å².